The molecule has 1 heterocycles. The lowest BCUT2D eigenvalue weighted by Gasteiger charge is -2.19. The molecule has 0 aliphatic rings. The molecule has 0 radical (unpaired) electrons. The van der Waals surface area contributed by atoms with E-state index in [-0.39, 0.29) is 17.9 Å². The summed E-state index contributed by atoms with van der Waals surface area (Å²) in [4.78, 5) is 25.6. The summed E-state index contributed by atoms with van der Waals surface area (Å²) in [7, 11) is 0. The minimum absolute atomic E-state index is 0.0159. The van der Waals surface area contributed by atoms with Crippen molar-refractivity contribution in [2.45, 2.75) is 46.5 Å². The molecule has 0 aliphatic carbocycles. The van der Waals surface area contributed by atoms with E-state index in [4.69, 9.17) is 4.74 Å². The van der Waals surface area contributed by atoms with Crippen molar-refractivity contribution in [1.29, 1.82) is 0 Å². The lowest BCUT2D eigenvalue weighted by molar-refractivity contribution is 0.0529. The molecule has 2 aromatic carbocycles. The van der Waals surface area contributed by atoms with Gasteiger partial charge in [0.25, 0.3) is 5.91 Å². The van der Waals surface area contributed by atoms with Gasteiger partial charge in [-0.2, -0.15) is 0 Å². The van der Waals surface area contributed by atoms with Gasteiger partial charge in [0.1, 0.15) is 10.6 Å². The van der Waals surface area contributed by atoms with Crippen LogP contribution in [0.25, 0.3) is 11.1 Å². The van der Waals surface area contributed by atoms with Crippen molar-refractivity contribution in [1.82, 2.24) is 0 Å². The Bertz CT molecular complexity index is 1060. The van der Waals surface area contributed by atoms with Crippen molar-refractivity contribution in [3.05, 3.63) is 76.2 Å². The Hall–Kier alpha value is -2.92. The zero-order valence-electron chi connectivity index (χ0n) is 18.7. The van der Waals surface area contributed by atoms with Crippen molar-refractivity contribution in [2.24, 2.45) is 0 Å². The number of esters is 1. The first-order chi connectivity index (χ1) is 14.7. The van der Waals surface area contributed by atoms with Crippen LogP contribution < -0.4 is 5.32 Å². The second-order valence-electron chi connectivity index (χ2n) is 8.41. The summed E-state index contributed by atoms with van der Waals surface area (Å²) in [5.74, 6) is -0.683. The molecule has 0 spiro atoms. The average Bonchev–Trinajstić information content (AvgIpc) is 3.17. The van der Waals surface area contributed by atoms with E-state index in [1.165, 1.54) is 16.9 Å². The van der Waals surface area contributed by atoms with Crippen LogP contribution >= 0.6 is 11.3 Å². The van der Waals surface area contributed by atoms with E-state index >= 15 is 0 Å². The first kappa shape index (κ1) is 22.8. The third kappa shape index (κ3) is 5.23. The number of nitrogens with one attached hydrogen (secondary N) is 1. The molecule has 5 heteroatoms. The first-order valence-electron chi connectivity index (χ1n) is 10.5. The lowest BCUT2D eigenvalue weighted by atomic mass is 9.87. The van der Waals surface area contributed by atoms with Crippen LogP contribution in [0.2, 0.25) is 0 Å². The molecule has 0 saturated heterocycles. The number of carbonyl (C=O) groups is 2. The number of hydrogen-bond donors (Lipinski definition) is 1. The molecule has 1 amide bonds. The third-order valence-electron chi connectivity index (χ3n) is 5.18. The molecule has 0 fully saturated rings. The Balaban J connectivity index is 1.92. The number of amides is 1. The monoisotopic (exact) mass is 435 g/mol. The predicted octanol–water partition coefficient (Wildman–Crippen LogP) is 6.70. The van der Waals surface area contributed by atoms with E-state index < -0.39 is 5.97 Å². The summed E-state index contributed by atoms with van der Waals surface area (Å²) in [6, 6.07) is 15.7. The van der Waals surface area contributed by atoms with E-state index in [0.29, 0.717) is 16.1 Å². The van der Waals surface area contributed by atoms with Crippen LogP contribution in [-0.4, -0.2) is 18.5 Å². The fourth-order valence-corrected chi connectivity index (χ4v) is 4.24. The molecule has 0 saturated carbocycles. The SMILES string of the molecule is CCOC(=O)c1c(-c2ccc(CC)cc2)csc1NC(=O)c1ccc(C(C)(C)C)cc1. The van der Waals surface area contributed by atoms with Crippen LogP contribution in [0.15, 0.2) is 53.9 Å². The van der Waals surface area contributed by atoms with Gasteiger partial charge in [-0.05, 0) is 47.6 Å². The highest BCUT2D eigenvalue weighted by atomic mass is 32.1. The summed E-state index contributed by atoms with van der Waals surface area (Å²) in [6.07, 6.45) is 0.948. The fourth-order valence-electron chi connectivity index (χ4n) is 3.29. The largest absolute Gasteiger partial charge is 0.462 e. The summed E-state index contributed by atoms with van der Waals surface area (Å²) < 4.78 is 5.29. The number of ether oxygens (including phenoxy) is 1. The number of aryl methyl sites for hydroxylation is 1. The number of carbonyl (C=O) groups excluding carboxylic acids is 2. The molecule has 3 rings (SSSR count). The van der Waals surface area contributed by atoms with Gasteiger partial charge in [0, 0.05) is 16.5 Å². The quantitative estimate of drug-likeness (QED) is 0.438. The van der Waals surface area contributed by atoms with Crippen molar-refractivity contribution in [3.63, 3.8) is 0 Å². The molecule has 1 N–H and O–H groups in total. The highest BCUT2D eigenvalue weighted by Gasteiger charge is 2.23. The Kier molecular flexibility index (Phi) is 6.96. The molecule has 0 bridgehead atoms. The zero-order valence-corrected chi connectivity index (χ0v) is 19.6. The van der Waals surface area contributed by atoms with E-state index in [9.17, 15) is 9.59 Å². The highest BCUT2D eigenvalue weighted by Crippen LogP contribution is 2.36. The average molecular weight is 436 g/mol. The van der Waals surface area contributed by atoms with Crippen LogP contribution in [0.4, 0.5) is 5.00 Å². The minimum Gasteiger partial charge on any atom is -0.462 e. The van der Waals surface area contributed by atoms with Crippen molar-refractivity contribution < 1.29 is 14.3 Å². The molecule has 4 nitrogen and oxygen atoms in total. The van der Waals surface area contributed by atoms with E-state index in [1.807, 2.05) is 41.8 Å². The van der Waals surface area contributed by atoms with Crippen LogP contribution in [0.3, 0.4) is 0 Å². The van der Waals surface area contributed by atoms with Crippen LogP contribution in [-0.2, 0) is 16.6 Å². The molecular weight excluding hydrogens is 406 g/mol. The van der Waals surface area contributed by atoms with Crippen LogP contribution in [0.1, 0.15) is 66.5 Å². The Morgan fingerprint density at radius 2 is 1.61 bits per heavy atom. The molecule has 0 aliphatic heterocycles. The van der Waals surface area contributed by atoms with Gasteiger partial charge < -0.3 is 10.1 Å². The molecule has 3 aromatic rings. The van der Waals surface area contributed by atoms with E-state index in [0.717, 1.165) is 23.1 Å². The molecular formula is C26H29NO3S. The molecule has 31 heavy (non-hydrogen) atoms. The van der Waals surface area contributed by atoms with Crippen LogP contribution in [0, 0.1) is 0 Å². The number of thiophene rings is 1. The normalized spacial score (nSPS) is 11.3. The number of hydrogen-bond acceptors (Lipinski definition) is 4. The summed E-state index contributed by atoms with van der Waals surface area (Å²) >= 11 is 1.33. The fraction of sp³-hybridized carbons (Fsp3) is 0.308. The van der Waals surface area contributed by atoms with Gasteiger partial charge in [0.15, 0.2) is 0 Å². The van der Waals surface area contributed by atoms with Gasteiger partial charge in [0.2, 0.25) is 0 Å². The summed E-state index contributed by atoms with van der Waals surface area (Å²) in [6.45, 7) is 10.5. The number of benzene rings is 2. The van der Waals surface area contributed by atoms with Crippen molar-refractivity contribution >= 4 is 28.2 Å². The second-order valence-corrected chi connectivity index (χ2v) is 9.29. The Morgan fingerprint density at radius 3 is 2.16 bits per heavy atom. The van der Waals surface area contributed by atoms with Crippen molar-refractivity contribution in [2.75, 3.05) is 11.9 Å². The topological polar surface area (TPSA) is 55.4 Å². The van der Waals surface area contributed by atoms with Gasteiger partial charge in [-0.1, -0.05) is 64.1 Å². The maximum absolute atomic E-state index is 12.9. The molecule has 0 unspecified atom stereocenters. The van der Waals surface area contributed by atoms with Crippen molar-refractivity contribution in [3.8, 4) is 11.1 Å². The smallest absolute Gasteiger partial charge is 0.341 e. The zero-order chi connectivity index (χ0) is 22.6. The first-order valence-corrected chi connectivity index (χ1v) is 11.4. The minimum atomic E-state index is -0.434. The predicted molar refractivity (Wildman–Crippen MR) is 128 cm³/mol. The Labute approximate surface area is 188 Å². The maximum Gasteiger partial charge on any atom is 0.341 e. The summed E-state index contributed by atoms with van der Waals surface area (Å²) in [5.41, 5.74) is 5.04. The number of rotatable bonds is 6. The van der Waals surface area contributed by atoms with Gasteiger partial charge >= 0.3 is 5.97 Å². The van der Waals surface area contributed by atoms with E-state index in [1.54, 1.807) is 6.92 Å². The second kappa shape index (κ2) is 9.48. The summed E-state index contributed by atoms with van der Waals surface area (Å²) in [5, 5.41) is 5.31. The van der Waals surface area contributed by atoms with Crippen LogP contribution in [0.5, 0.6) is 0 Å². The van der Waals surface area contributed by atoms with Gasteiger partial charge in [-0.15, -0.1) is 11.3 Å². The Morgan fingerprint density at radius 1 is 0.968 bits per heavy atom. The third-order valence-corrected chi connectivity index (χ3v) is 6.08. The van der Waals surface area contributed by atoms with E-state index in [2.05, 4.69) is 45.1 Å². The number of anilines is 1. The molecule has 0 atom stereocenters. The van der Waals surface area contributed by atoms with Gasteiger partial charge in [0.05, 0.1) is 6.61 Å². The molecule has 162 valence electrons. The maximum atomic E-state index is 12.9. The van der Waals surface area contributed by atoms with Gasteiger partial charge in [-0.25, -0.2) is 4.79 Å². The lowest BCUT2D eigenvalue weighted by Crippen LogP contribution is -2.16. The highest BCUT2D eigenvalue weighted by molar-refractivity contribution is 7.15. The van der Waals surface area contributed by atoms with Gasteiger partial charge in [-0.3, -0.25) is 4.79 Å². The molecule has 1 aromatic heterocycles. The standard InChI is InChI=1S/C26H29NO3S/c1-6-17-8-10-18(11-9-17)21-16-31-24(22(21)25(29)30-7-2)27-23(28)19-12-14-20(15-13-19)26(3,4)5/h8-16H,6-7H2,1-5H3,(H,27,28).